The van der Waals surface area contributed by atoms with Crippen LogP contribution in [0.3, 0.4) is 0 Å². The average molecular weight is 499 g/mol. The molecule has 0 saturated carbocycles. The highest BCUT2D eigenvalue weighted by molar-refractivity contribution is 6.36. The Bertz CT molecular complexity index is 1200. The number of fused-ring (bicyclic) bond motifs is 1. The van der Waals surface area contributed by atoms with Gasteiger partial charge in [0, 0.05) is 55.3 Å². The Hall–Kier alpha value is -3.33. The number of benzene rings is 1. The van der Waals surface area contributed by atoms with Crippen LogP contribution in [0.4, 0.5) is 5.95 Å². The lowest BCUT2D eigenvalue weighted by Crippen LogP contribution is -2.56. The van der Waals surface area contributed by atoms with Crippen LogP contribution in [0.15, 0.2) is 36.3 Å². The van der Waals surface area contributed by atoms with Gasteiger partial charge in [0.2, 0.25) is 23.1 Å². The molecule has 1 spiro atoms. The normalized spacial score (nSPS) is 24.2. The molecule has 184 valence electrons. The molecule has 3 aliphatic rings. The third-order valence-electron chi connectivity index (χ3n) is 7.03. The summed E-state index contributed by atoms with van der Waals surface area (Å²) in [5, 5.41) is 3.67. The summed E-state index contributed by atoms with van der Waals surface area (Å²) in [6, 6.07) is 3.55. The van der Waals surface area contributed by atoms with Gasteiger partial charge in [-0.05, 0) is 25.3 Å². The van der Waals surface area contributed by atoms with E-state index in [1.54, 1.807) is 18.5 Å². The topological polar surface area (TPSA) is 103 Å². The number of ketones is 2. The number of piperidine rings is 1. The van der Waals surface area contributed by atoms with E-state index < -0.39 is 23.1 Å². The van der Waals surface area contributed by atoms with E-state index in [1.165, 1.54) is 26.4 Å². The Balaban J connectivity index is 1.33. The number of rotatable bonds is 5. The molecule has 5 rings (SSSR count). The first-order chi connectivity index (χ1) is 16.9. The van der Waals surface area contributed by atoms with Crippen molar-refractivity contribution in [2.24, 2.45) is 5.92 Å². The number of nitrogens with one attached hydrogen (secondary N) is 1. The van der Waals surface area contributed by atoms with E-state index in [9.17, 15) is 9.59 Å². The van der Waals surface area contributed by atoms with Crippen LogP contribution in [-0.2, 0) is 4.79 Å². The third kappa shape index (κ3) is 3.78. The number of halogens is 1. The molecular formula is C25H27ClN4O5. The molecule has 0 bridgehead atoms. The van der Waals surface area contributed by atoms with E-state index in [-0.39, 0.29) is 28.1 Å². The molecule has 0 unspecified atom stereocenters. The van der Waals surface area contributed by atoms with Crippen LogP contribution in [0.2, 0.25) is 5.02 Å². The molecule has 0 radical (unpaired) electrons. The number of ether oxygens (including phenoxy) is 3. The molecule has 9 nitrogen and oxygen atoms in total. The summed E-state index contributed by atoms with van der Waals surface area (Å²) in [4.78, 5) is 37.9. The lowest BCUT2D eigenvalue weighted by atomic mass is 9.74. The van der Waals surface area contributed by atoms with Crippen LogP contribution in [0.5, 0.6) is 17.2 Å². The van der Waals surface area contributed by atoms with Gasteiger partial charge < -0.3 is 24.4 Å². The Morgan fingerprint density at radius 3 is 2.46 bits per heavy atom. The zero-order valence-corrected chi connectivity index (χ0v) is 20.6. The van der Waals surface area contributed by atoms with Crippen molar-refractivity contribution in [3.05, 3.63) is 46.9 Å². The number of allylic oxidation sites excluding steroid dienone is 1. The van der Waals surface area contributed by atoms with E-state index in [2.05, 4.69) is 20.2 Å². The summed E-state index contributed by atoms with van der Waals surface area (Å²) in [6.45, 7) is 3.49. The van der Waals surface area contributed by atoms with Gasteiger partial charge in [0.05, 0.1) is 14.2 Å². The van der Waals surface area contributed by atoms with Crippen molar-refractivity contribution >= 4 is 29.1 Å². The lowest BCUT2D eigenvalue weighted by molar-refractivity contribution is -0.129. The van der Waals surface area contributed by atoms with Crippen molar-refractivity contribution in [1.29, 1.82) is 0 Å². The minimum Gasteiger partial charge on any atom is -0.496 e. The second kappa shape index (κ2) is 9.03. The van der Waals surface area contributed by atoms with Crippen LogP contribution >= 0.6 is 11.6 Å². The maximum absolute atomic E-state index is 13.6. The van der Waals surface area contributed by atoms with Crippen LogP contribution in [0.1, 0.15) is 36.5 Å². The second-order valence-corrected chi connectivity index (χ2v) is 9.44. The maximum atomic E-state index is 13.6. The molecule has 3 heterocycles. The Labute approximate surface area is 208 Å². The molecule has 35 heavy (non-hydrogen) atoms. The first-order valence-electron chi connectivity index (χ1n) is 11.6. The van der Waals surface area contributed by atoms with E-state index in [4.69, 9.17) is 25.8 Å². The average Bonchev–Trinajstić information content (AvgIpc) is 3.19. The number of hydrogen-bond acceptors (Lipinski definition) is 9. The predicted molar refractivity (Wildman–Crippen MR) is 130 cm³/mol. The molecule has 1 N–H and O–H groups in total. The molecule has 1 fully saturated rings. The van der Waals surface area contributed by atoms with Crippen LogP contribution < -0.4 is 24.4 Å². The maximum Gasteiger partial charge on any atom is 0.236 e. The summed E-state index contributed by atoms with van der Waals surface area (Å²) in [5.41, 5.74) is -0.672. The minimum atomic E-state index is -1.66. The summed E-state index contributed by atoms with van der Waals surface area (Å²) in [5.74, 6) is 0.208. The smallest absolute Gasteiger partial charge is 0.236 e. The van der Waals surface area contributed by atoms with Crippen LogP contribution in [0, 0.1) is 5.92 Å². The van der Waals surface area contributed by atoms with Crippen molar-refractivity contribution in [3.8, 4) is 17.2 Å². The summed E-state index contributed by atoms with van der Waals surface area (Å²) < 4.78 is 16.8. The summed E-state index contributed by atoms with van der Waals surface area (Å²) in [7, 11) is 2.91. The predicted octanol–water partition coefficient (Wildman–Crippen LogP) is 3.21. The summed E-state index contributed by atoms with van der Waals surface area (Å²) >= 11 is 6.45. The highest BCUT2D eigenvalue weighted by atomic mass is 35.5. The molecular weight excluding hydrogens is 472 g/mol. The fourth-order valence-electron chi connectivity index (χ4n) is 5.17. The second-order valence-electron chi connectivity index (χ2n) is 9.06. The monoisotopic (exact) mass is 498 g/mol. The van der Waals surface area contributed by atoms with Gasteiger partial charge in [-0.15, -0.1) is 0 Å². The fraction of sp³-hybridized carbons (Fsp3) is 0.440. The largest absolute Gasteiger partial charge is 0.496 e. The van der Waals surface area contributed by atoms with E-state index >= 15 is 0 Å². The quantitative estimate of drug-likeness (QED) is 0.622. The number of hydrogen-bond donors (Lipinski definition) is 1. The van der Waals surface area contributed by atoms with Gasteiger partial charge in [-0.25, -0.2) is 9.97 Å². The van der Waals surface area contributed by atoms with Gasteiger partial charge in [-0.3, -0.25) is 9.59 Å². The molecule has 1 saturated heterocycles. The number of anilines is 1. The number of Topliss-reactive ketones (excluding diaryl/α,β-unsaturated/α-hetero) is 1. The molecule has 2 aliphatic heterocycles. The molecule has 2 atom stereocenters. The molecule has 1 aliphatic carbocycles. The first-order valence-corrected chi connectivity index (χ1v) is 12.0. The highest BCUT2D eigenvalue weighted by Gasteiger charge is 2.60. The highest BCUT2D eigenvalue weighted by Crippen LogP contribution is 2.52. The molecule has 1 aromatic carbocycles. The van der Waals surface area contributed by atoms with Gasteiger partial charge in [0.15, 0.2) is 5.75 Å². The molecule has 1 aromatic heterocycles. The zero-order chi connectivity index (χ0) is 24.7. The van der Waals surface area contributed by atoms with Crippen molar-refractivity contribution in [2.75, 3.05) is 32.2 Å². The number of methoxy groups -OCH3 is 2. The van der Waals surface area contributed by atoms with Gasteiger partial charge in [0.25, 0.3) is 0 Å². The Kier molecular flexibility index (Phi) is 6.04. The standard InChI is InChI=1S/C25H27ClN4O5/c1-14-11-16(29-15-5-9-30(10-6-15)24-27-7-4-8-28-24)12-19(31)25(14)23(32)20-17(33-2)13-18(34-3)21(26)22(20)35-25/h4,7-8,12-15,29H,5-6,9-11H2,1-3H3/t14-,25+/m1/s1. The Morgan fingerprint density at radius 2 is 1.83 bits per heavy atom. The molecule has 0 amide bonds. The SMILES string of the molecule is COc1cc(OC)c2c(c1Cl)O[C@@]1(C(=O)C=C(NC3CCN(c4ncccn4)CC3)C[C@H]1C)C2=O. The number of carbonyl (C=O) groups is 2. The van der Waals surface area contributed by atoms with Crippen molar-refractivity contribution in [1.82, 2.24) is 15.3 Å². The first kappa shape index (κ1) is 23.4. The van der Waals surface area contributed by atoms with E-state index in [0.717, 1.165) is 37.6 Å². The molecule has 10 heteroatoms. The number of nitrogens with zero attached hydrogens (tertiary/aromatic N) is 3. The van der Waals surface area contributed by atoms with Crippen molar-refractivity contribution in [3.63, 3.8) is 0 Å². The summed E-state index contributed by atoms with van der Waals surface area (Å²) in [6.07, 6.45) is 7.25. The van der Waals surface area contributed by atoms with Gasteiger partial charge in [-0.1, -0.05) is 18.5 Å². The fourth-order valence-corrected chi connectivity index (χ4v) is 5.43. The van der Waals surface area contributed by atoms with Crippen molar-refractivity contribution < 1.29 is 23.8 Å². The van der Waals surface area contributed by atoms with E-state index in [1.807, 2.05) is 6.92 Å². The van der Waals surface area contributed by atoms with Gasteiger partial charge in [-0.2, -0.15) is 0 Å². The van der Waals surface area contributed by atoms with Gasteiger partial charge >= 0.3 is 0 Å². The van der Waals surface area contributed by atoms with Crippen LogP contribution in [-0.4, -0.2) is 60.5 Å². The number of carbonyl (C=O) groups excluding carboxylic acids is 2. The minimum absolute atomic E-state index is 0.133. The molecule has 2 aromatic rings. The van der Waals surface area contributed by atoms with Crippen molar-refractivity contribution in [2.45, 2.75) is 37.8 Å². The zero-order valence-electron chi connectivity index (χ0n) is 19.8. The van der Waals surface area contributed by atoms with E-state index in [0.29, 0.717) is 12.2 Å². The third-order valence-corrected chi connectivity index (χ3v) is 7.39. The van der Waals surface area contributed by atoms with Gasteiger partial charge in [0.1, 0.15) is 22.1 Å². The lowest BCUT2D eigenvalue weighted by Gasteiger charge is -2.38. The number of aromatic nitrogens is 2. The van der Waals surface area contributed by atoms with Crippen LogP contribution in [0.25, 0.3) is 0 Å². The Morgan fingerprint density at radius 1 is 1.14 bits per heavy atom.